The Bertz CT molecular complexity index is 756. The van der Waals surface area contributed by atoms with E-state index in [0.29, 0.717) is 6.54 Å². The molecule has 0 amide bonds. The molecule has 0 aromatic carbocycles. The van der Waals surface area contributed by atoms with E-state index in [-0.39, 0.29) is 0 Å². The quantitative estimate of drug-likeness (QED) is 0.505. The number of nitrogens with one attached hydrogen (secondary N) is 2. The zero-order chi connectivity index (χ0) is 20.6. The lowest BCUT2D eigenvalue weighted by Gasteiger charge is -2.31. The molecule has 0 radical (unpaired) electrons. The number of aryl methyl sites for hydroxylation is 1. The molecule has 2 aromatic rings. The number of hydrogen-bond acceptors (Lipinski definition) is 4. The van der Waals surface area contributed by atoms with Crippen LogP contribution in [0.5, 0.6) is 0 Å². The van der Waals surface area contributed by atoms with Gasteiger partial charge in [0.2, 0.25) is 0 Å². The Balaban J connectivity index is 1.53. The minimum absolute atomic E-state index is 0.533. The summed E-state index contributed by atoms with van der Waals surface area (Å²) in [4.78, 5) is 6.19. The molecule has 1 aliphatic rings. The molecule has 1 aliphatic carbocycles. The van der Waals surface area contributed by atoms with Crippen LogP contribution >= 0.6 is 11.3 Å². The van der Waals surface area contributed by atoms with Crippen LogP contribution < -0.4 is 10.6 Å². The summed E-state index contributed by atoms with van der Waals surface area (Å²) in [5.41, 5.74) is 0. The van der Waals surface area contributed by atoms with Crippen LogP contribution in [-0.4, -0.2) is 33.8 Å². The molecule has 7 heteroatoms. The normalized spacial score (nSPS) is 20.2. The van der Waals surface area contributed by atoms with Crippen molar-refractivity contribution in [3.05, 3.63) is 34.0 Å². The van der Waals surface area contributed by atoms with Crippen LogP contribution in [0.15, 0.2) is 22.5 Å². The van der Waals surface area contributed by atoms with Crippen molar-refractivity contribution < 1.29 is 0 Å². The molecule has 2 heterocycles. The van der Waals surface area contributed by atoms with Crippen molar-refractivity contribution in [3.63, 3.8) is 0 Å². The zero-order valence-corrected chi connectivity index (χ0v) is 19.1. The number of thiophene rings is 1. The number of hydrogen-bond donors (Lipinski definition) is 2. The maximum atomic E-state index is 4.79. The Morgan fingerprint density at radius 3 is 2.66 bits per heavy atom. The third-order valence-electron chi connectivity index (χ3n) is 6.20. The summed E-state index contributed by atoms with van der Waals surface area (Å²) in [7, 11) is 1.99. The Morgan fingerprint density at radius 1 is 1.24 bits per heavy atom. The summed E-state index contributed by atoms with van der Waals surface area (Å²) in [5.74, 6) is 5.15. The highest BCUT2D eigenvalue weighted by atomic mass is 32.1. The Kier molecular flexibility index (Phi) is 8.09. The van der Waals surface area contributed by atoms with Gasteiger partial charge >= 0.3 is 0 Å². The molecule has 0 unspecified atom stereocenters. The van der Waals surface area contributed by atoms with Gasteiger partial charge in [0.15, 0.2) is 11.8 Å². The molecule has 1 saturated carbocycles. The first-order valence-electron chi connectivity index (χ1n) is 10.9. The van der Waals surface area contributed by atoms with Crippen molar-refractivity contribution in [1.82, 2.24) is 25.4 Å². The third-order valence-corrected chi connectivity index (χ3v) is 7.13. The molecule has 3 rings (SSSR count). The van der Waals surface area contributed by atoms with Gasteiger partial charge in [0.25, 0.3) is 0 Å². The van der Waals surface area contributed by atoms with E-state index in [1.807, 2.05) is 18.5 Å². The van der Waals surface area contributed by atoms with Crippen molar-refractivity contribution >= 4 is 17.3 Å². The SMILES string of the molecule is Cc1nnc(CN=C(NCCc2cccs2)NCC2CCC(C(C)C)CC2)n1C. The lowest BCUT2D eigenvalue weighted by Crippen LogP contribution is -2.41. The molecule has 6 nitrogen and oxygen atoms in total. The maximum Gasteiger partial charge on any atom is 0.191 e. The lowest BCUT2D eigenvalue weighted by molar-refractivity contribution is 0.224. The summed E-state index contributed by atoms with van der Waals surface area (Å²) in [6, 6.07) is 4.29. The van der Waals surface area contributed by atoms with E-state index in [1.54, 1.807) is 11.3 Å². The van der Waals surface area contributed by atoms with E-state index in [2.05, 4.69) is 52.2 Å². The van der Waals surface area contributed by atoms with Crippen molar-refractivity contribution in [2.75, 3.05) is 13.1 Å². The predicted octanol–water partition coefficient (Wildman–Crippen LogP) is 3.93. The summed E-state index contributed by atoms with van der Waals surface area (Å²) in [6.45, 7) is 9.09. The molecule has 0 aliphatic heterocycles. The Labute approximate surface area is 179 Å². The first-order valence-corrected chi connectivity index (χ1v) is 11.8. The smallest absolute Gasteiger partial charge is 0.191 e. The Morgan fingerprint density at radius 2 is 2.03 bits per heavy atom. The number of aliphatic imine (C=N–C) groups is 1. The van der Waals surface area contributed by atoms with Gasteiger partial charge in [0, 0.05) is 25.0 Å². The van der Waals surface area contributed by atoms with Crippen molar-refractivity contribution in [2.24, 2.45) is 29.8 Å². The van der Waals surface area contributed by atoms with Gasteiger partial charge in [-0.1, -0.05) is 19.9 Å². The summed E-state index contributed by atoms with van der Waals surface area (Å²) < 4.78 is 2.00. The van der Waals surface area contributed by atoms with Gasteiger partial charge in [-0.3, -0.25) is 0 Å². The van der Waals surface area contributed by atoms with Gasteiger partial charge in [0.05, 0.1) is 0 Å². The number of aromatic nitrogens is 3. The first kappa shape index (κ1) is 21.8. The van der Waals surface area contributed by atoms with Gasteiger partial charge in [-0.25, -0.2) is 4.99 Å². The topological polar surface area (TPSA) is 67.1 Å². The van der Waals surface area contributed by atoms with E-state index in [9.17, 15) is 0 Å². The molecule has 0 atom stereocenters. The maximum absolute atomic E-state index is 4.79. The molecule has 0 spiro atoms. The molecule has 1 fully saturated rings. The predicted molar refractivity (Wildman–Crippen MR) is 121 cm³/mol. The monoisotopic (exact) mass is 416 g/mol. The lowest BCUT2D eigenvalue weighted by atomic mass is 9.77. The van der Waals surface area contributed by atoms with Crippen molar-refractivity contribution in [2.45, 2.75) is 59.4 Å². The average molecular weight is 417 g/mol. The zero-order valence-electron chi connectivity index (χ0n) is 18.3. The van der Waals surface area contributed by atoms with Gasteiger partial charge in [-0.2, -0.15) is 0 Å². The van der Waals surface area contributed by atoms with Crippen LogP contribution in [0.3, 0.4) is 0 Å². The minimum Gasteiger partial charge on any atom is -0.356 e. The van der Waals surface area contributed by atoms with E-state index in [0.717, 1.165) is 54.9 Å². The van der Waals surface area contributed by atoms with E-state index < -0.39 is 0 Å². The second-order valence-corrected chi connectivity index (χ2v) is 9.58. The number of nitrogens with zero attached hydrogens (tertiary/aromatic N) is 4. The van der Waals surface area contributed by atoms with Gasteiger partial charge in [-0.05, 0) is 68.2 Å². The van der Waals surface area contributed by atoms with E-state index in [1.165, 1.54) is 30.6 Å². The summed E-state index contributed by atoms with van der Waals surface area (Å²) in [6.07, 6.45) is 6.38. The van der Waals surface area contributed by atoms with Crippen LogP contribution in [0, 0.1) is 24.7 Å². The van der Waals surface area contributed by atoms with Crippen LogP contribution in [0.4, 0.5) is 0 Å². The van der Waals surface area contributed by atoms with E-state index in [4.69, 9.17) is 4.99 Å². The first-order chi connectivity index (χ1) is 14.0. The number of guanidine groups is 1. The third kappa shape index (κ3) is 6.56. The van der Waals surface area contributed by atoms with Gasteiger partial charge < -0.3 is 15.2 Å². The highest BCUT2D eigenvalue weighted by Gasteiger charge is 2.23. The van der Waals surface area contributed by atoms with Crippen LogP contribution in [-0.2, 0) is 20.0 Å². The van der Waals surface area contributed by atoms with Crippen LogP contribution in [0.2, 0.25) is 0 Å². The Hall–Kier alpha value is -1.89. The molecular formula is C22H36N6S. The molecule has 2 N–H and O–H groups in total. The largest absolute Gasteiger partial charge is 0.356 e. The molecular weight excluding hydrogens is 380 g/mol. The molecule has 2 aromatic heterocycles. The van der Waals surface area contributed by atoms with Gasteiger partial charge in [-0.15, -0.1) is 21.5 Å². The molecule has 160 valence electrons. The van der Waals surface area contributed by atoms with Crippen molar-refractivity contribution in [3.8, 4) is 0 Å². The fraction of sp³-hybridized carbons (Fsp3) is 0.682. The fourth-order valence-electron chi connectivity index (χ4n) is 3.97. The summed E-state index contributed by atoms with van der Waals surface area (Å²) >= 11 is 1.81. The molecule has 0 saturated heterocycles. The average Bonchev–Trinajstić information content (AvgIpc) is 3.35. The van der Waals surface area contributed by atoms with Gasteiger partial charge in [0.1, 0.15) is 12.4 Å². The molecule has 0 bridgehead atoms. The number of rotatable bonds is 8. The van der Waals surface area contributed by atoms with Crippen molar-refractivity contribution in [1.29, 1.82) is 0 Å². The summed E-state index contributed by atoms with van der Waals surface area (Å²) in [5, 5.41) is 17.6. The van der Waals surface area contributed by atoms with Crippen LogP contribution in [0.25, 0.3) is 0 Å². The second-order valence-electron chi connectivity index (χ2n) is 8.55. The highest BCUT2D eigenvalue weighted by molar-refractivity contribution is 7.09. The van der Waals surface area contributed by atoms with Crippen LogP contribution in [0.1, 0.15) is 56.1 Å². The minimum atomic E-state index is 0.533. The highest BCUT2D eigenvalue weighted by Crippen LogP contribution is 2.32. The fourth-order valence-corrected chi connectivity index (χ4v) is 4.68. The molecule has 29 heavy (non-hydrogen) atoms. The second kappa shape index (κ2) is 10.8. The standard InChI is InChI=1S/C22H36N6S/c1-16(2)19-9-7-18(8-10-19)14-24-22(23-12-11-20-6-5-13-29-20)25-15-21-27-26-17(3)28(21)4/h5-6,13,16,18-19H,7-12,14-15H2,1-4H3,(H2,23,24,25). The van der Waals surface area contributed by atoms with E-state index >= 15 is 0 Å².